The summed E-state index contributed by atoms with van der Waals surface area (Å²) in [5.41, 5.74) is 1.10. The molecule has 5 nitrogen and oxygen atoms in total. The Labute approximate surface area is 120 Å². The molecule has 0 aliphatic carbocycles. The van der Waals surface area contributed by atoms with Crippen molar-refractivity contribution in [2.75, 3.05) is 13.7 Å². The van der Waals surface area contributed by atoms with Crippen LogP contribution in [0.3, 0.4) is 0 Å². The van der Waals surface area contributed by atoms with Gasteiger partial charge in [0.1, 0.15) is 17.4 Å². The first-order valence-electron chi connectivity index (χ1n) is 5.86. The second kappa shape index (κ2) is 6.29. The van der Waals surface area contributed by atoms with Crippen LogP contribution in [0.25, 0.3) is 10.6 Å². The summed E-state index contributed by atoms with van der Waals surface area (Å²) in [5, 5.41) is 2.32. The first-order valence-corrected chi connectivity index (χ1v) is 6.74. The van der Waals surface area contributed by atoms with Gasteiger partial charge in [0, 0.05) is 10.9 Å². The molecule has 0 fully saturated rings. The van der Waals surface area contributed by atoms with Gasteiger partial charge in [-0.15, -0.1) is 11.3 Å². The molecular weight excluding hydrogens is 278 g/mol. The van der Waals surface area contributed by atoms with Crippen molar-refractivity contribution in [3.63, 3.8) is 0 Å². The highest BCUT2D eigenvalue weighted by Crippen LogP contribution is 2.25. The van der Waals surface area contributed by atoms with Crippen LogP contribution in [-0.4, -0.2) is 30.5 Å². The third-order valence-electron chi connectivity index (χ3n) is 2.46. The SMILES string of the molecule is COc1ccc(-c2nc(C(=O)OCC(C)=O)cs2)cc1. The van der Waals surface area contributed by atoms with Crippen molar-refractivity contribution in [2.24, 2.45) is 0 Å². The summed E-state index contributed by atoms with van der Waals surface area (Å²) in [6.07, 6.45) is 0. The molecule has 0 bridgehead atoms. The summed E-state index contributed by atoms with van der Waals surface area (Å²) in [4.78, 5) is 26.6. The van der Waals surface area contributed by atoms with Gasteiger partial charge in [-0.2, -0.15) is 0 Å². The normalized spacial score (nSPS) is 10.1. The summed E-state index contributed by atoms with van der Waals surface area (Å²) < 4.78 is 9.89. The molecule has 0 aliphatic rings. The van der Waals surface area contributed by atoms with Crippen molar-refractivity contribution >= 4 is 23.1 Å². The number of methoxy groups -OCH3 is 1. The van der Waals surface area contributed by atoms with Crippen LogP contribution in [0.2, 0.25) is 0 Å². The highest BCUT2D eigenvalue weighted by atomic mass is 32.1. The first-order chi connectivity index (χ1) is 9.60. The van der Waals surface area contributed by atoms with E-state index in [4.69, 9.17) is 9.47 Å². The topological polar surface area (TPSA) is 65.5 Å². The van der Waals surface area contributed by atoms with Crippen molar-refractivity contribution in [3.8, 4) is 16.3 Å². The van der Waals surface area contributed by atoms with E-state index in [1.54, 1.807) is 12.5 Å². The van der Waals surface area contributed by atoms with E-state index >= 15 is 0 Å². The predicted molar refractivity (Wildman–Crippen MR) is 75.1 cm³/mol. The smallest absolute Gasteiger partial charge is 0.358 e. The summed E-state index contributed by atoms with van der Waals surface area (Å²) in [6, 6.07) is 7.37. The Bertz CT molecular complexity index is 618. The molecule has 0 saturated heterocycles. The van der Waals surface area contributed by atoms with Crippen LogP contribution in [0, 0.1) is 0 Å². The van der Waals surface area contributed by atoms with E-state index in [0.717, 1.165) is 11.3 Å². The monoisotopic (exact) mass is 291 g/mol. The number of carbonyl (C=O) groups is 2. The van der Waals surface area contributed by atoms with E-state index in [0.29, 0.717) is 5.01 Å². The lowest BCUT2D eigenvalue weighted by molar-refractivity contribution is -0.120. The van der Waals surface area contributed by atoms with Crippen molar-refractivity contribution in [2.45, 2.75) is 6.92 Å². The number of carbonyl (C=O) groups excluding carboxylic acids is 2. The van der Waals surface area contributed by atoms with Crippen molar-refractivity contribution in [1.82, 2.24) is 4.98 Å². The van der Waals surface area contributed by atoms with E-state index in [2.05, 4.69) is 4.98 Å². The number of ketones is 1. The zero-order valence-corrected chi connectivity index (χ0v) is 11.9. The van der Waals surface area contributed by atoms with Crippen LogP contribution in [0.4, 0.5) is 0 Å². The molecule has 0 radical (unpaired) electrons. The van der Waals surface area contributed by atoms with Crippen molar-refractivity contribution in [1.29, 1.82) is 0 Å². The molecular formula is C14H13NO4S. The molecule has 0 aliphatic heterocycles. The second-order valence-corrected chi connectivity index (χ2v) is 4.90. The Morgan fingerprint density at radius 1 is 1.25 bits per heavy atom. The number of hydrogen-bond donors (Lipinski definition) is 0. The highest BCUT2D eigenvalue weighted by Gasteiger charge is 2.13. The quantitative estimate of drug-likeness (QED) is 0.792. The van der Waals surface area contributed by atoms with Crippen molar-refractivity contribution in [3.05, 3.63) is 35.3 Å². The van der Waals surface area contributed by atoms with Gasteiger partial charge >= 0.3 is 5.97 Å². The Hall–Kier alpha value is -2.21. The van der Waals surface area contributed by atoms with E-state index in [1.165, 1.54) is 18.3 Å². The maximum atomic E-state index is 11.6. The molecule has 0 unspecified atom stereocenters. The number of hydrogen-bond acceptors (Lipinski definition) is 6. The highest BCUT2D eigenvalue weighted by molar-refractivity contribution is 7.13. The largest absolute Gasteiger partial charge is 0.497 e. The van der Waals surface area contributed by atoms with Gasteiger partial charge in [-0.25, -0.2) is 9.78 Å². The molecule has 1 aromatic heterocycles. The molecule has 2 rings (SSSR count). The fourth-order valence-corrected chi connectivity index (χ4v) is 2.27. The molecule has 0 N–H and O–H groups in total. The van der Waals surface area contributed by atoms with E-state index in [9.17, 15) is 9.59 Å². The average Bonchev–Trinajstić information content (AvgIpc) is 2.94. The molecule has 0 spiro atoms. The van der Waals surface area contributed by atoms with Crippen LogP contribution in [0.1, 0.15) is 17.4 Å². The Morgan fingerprint density at radius 2 is 1.95 bits per heavy atom. The number of ether oxygens (including phenoxy) is 2. The van der Waals surface area contributed by atoms with E-state index in [1.807, 2.05) is 24.3 Å². The molecule has 0 saturated carbocycles. The van der Waals surface area contributed by atoms with Gasteiger partial charge in [0.25, 0.3) is 0 Å². The van der Waals surface area contributed by atoms with Gasteiger partial charge in [0.2, 0.25) is 0 Å². The maximum absolute atomic E-state index is 11.6. The van der Waals surface area contributed by atoms with Gasteiger partial charge in [-0.3, -0.25) is 4.79 Å². The van der Waals surface area contributed by atoms with Gasteiger partial charge in [-0.1, -0.05) is 0 Å². The fourth-order valence-electron chi connectivity index (χ4n) is 1.47. The number of nitrogens with zero attached hydrogens (tertiary/aromatic N) is 1. The molecule has 1 aromatic carbocycles. The summed E-state index contributed by atoms with van der Waals surface area (Å²) >= 11 is 1.34. The molecule has 2 aromatic rings. The van der Waals surface area contributed by atoms with Crippen LogP contribution < -0.4 is 4.74 Å². The van der Waals surface area contributed by atoms with Crippen molar-refractivity contribution < 1.29 is 19.1 Å². The van der Waals surface area contributed by atoms with Crippen LogP contribution in [0.15, 0.2) is 29.6 Å². The standard InChI is InChI=1S/C14H13NO4S/c1-9(16)7-19-14(17)12-8-20-13(15-12)10-3-5-11(18-2)6-4-10/h3-6,8H,7H2,1-2H3. The second-order valence-electron chi connectivity index (χ2n) is 4.04. The minimum atomic E-state index is -0.587. The Kier molecular flexibility index (Phi) is 4.47. The molecule has 104 valence electrons. The lowest BCUT2D eigenvalue weighted by Gasteiger charge is -2.00. The van der Waals surface area contributed by atoms with Gasteiger partial charge in [0.05, 0.1) is 7.11 Å². The lowest BCUT2D eigenvalue weighted by Crippen LogP contribution is -2.11. The summed E-state index contributed by atoms with van der Waals surface area (Å²) in [7, 11) is 1.60. The maximum Gasteiger partial charge on any atom is 0.358 e. The number of aromatic nitrogens is 1. The molecule has 0 atom stereocenters. The zero-order valence-electron chi connectivity index (χ0n) is 11.1. The fraction of sp³-hybridized carbons (Fsp3) is 0.214. The third kappa shape index (κ3) is 3.42. The Morgan fingerprint density at radius 3 is 2.55 bits per heavy atom. The number of esters is 1. The van der Waals surface area contributed by atoms with Gasteiger partial charge in [-0.05, 0) is 31.2 Å². The predicted octanol–water partition coefficient (Wildman–Crippen LogP) is 2.56. The van der Waals surface area contributed by atoms with Crippen LogP contribution in [0.5, 0.6) is 5.75 Å². The van der Waals surface area contributed by atoms with Gasteiger partial charge < -0.3 is 9.47 Å². The molecule has 0 amide bonds. The van der Waals surface area contributed by atoms with E-state index < -0.39 is 5.97 Å². The summed E-state index contributed by atoms with van der Waals surface area (Å²) in [5.74, 6) is -0.0356. The lowest BCUT2D eigenvalue weighted by atomic mass is 10.2. The minimum Gasteiger partial charge on any atom is -0.497 e. The van der Waals surface area contributed by atoms with Crippen LogP contribution in [-0.2, 0) is 9.53 Å². The number of rotatable bonds is 5. The number of Topliss-reactive ketones (excluding diaryl/α,β-unsaturated/α-hetero) is 1. The summed E-state index contributed by atoms with van der Waals surface area (Å²) in [6.45, 7) is 1.13. The third-order valence-corrected chi connectivity index (χ3v) is 3.35. The van der Waals surface area contributed by atoms with Crippen LogP contribution >= 0.6 is 11.3 Å². The number of thiazole rings is 1. The van der Waals surface area contributed by atoms with Gasteiger partial charge in [0.15, 0.2) is 11.5 Å². The number of benzene rings is 1. The molecule has 1 heterocycles. The molecule has 20 heavy (non-hydrogen) atoms. The average molecular weight is 291 g/mol. The Balaban J connectivity index is 2.11. The minimum absolute atomic E-state index is 0.205. The van der Waals surface area contributed by atoms with E-state index in [-0.39, 0.29) is 18.1 Å². The first kappa shape index (κ1) is 14.2. The molecule has 6 heteroatoms. The zero-order chi connectivity index (χ0) is 14.5.